The highest BCUT2D eigenvalue weighted by atomic mass is 16.1. The van der Waals surface area contributed by atoms with Crippen LogP contribution in [0.5, 0.6) is 0 Å². The van der Waals surface area contributed by atoms with Crippen molar-refractivity contribution in [2.75, 3.05) is 36.0 Å². The van der Waals surface area contributed by atoms with Gasteiger partial charge in [0.25, 0.3) is 5.56 Å². The van der Waals surface area contributed by atoms with Crippen molar-refractivity contribution in [3.05, 3.63) is 46.8 Å². The van der Waals surface area contributed by atoms with E-state index in [4.69, 9.17) is 4.98 Å². The highest BCUT2D eigenvalue weighted by Crippen LogP contribution is 2.23. The number of fused-ring (bicyclic) bond motifs is 1. The van der Waals surface area contributed by atoms with Crippen molar-refractivity contribution in [1.29, 1.82) is 0 Å². The van der Waals surface area contributed by atoms with E-state index in [0.29, 0.717) is 0 Å². The van der Waals surface area contributed by atoms with Crippen LogP contribution in [0, 0.1) is 0 Å². The normalized spacial score (nSPS) is 15.2. The fourth-order valence-electron chi connectivity index (χ4n) is 3.50. The Morgan fingerprint density at radius 2 is 1.65 bits per heavy atom. The van der Waals surface area contributed by atoms with Crippen LogP contribution in [0.3, 0.4) is 0 Å². The number of benzene rings is 1. The molecule has 1 saturated heterocycles. The van der Waals surface area contributed by atoms with Crippen molar-refractivity contribution in [3.8, 4) is 0 Å². The summed E-state index contributed by atoms with van der Waals surface area (Å²) in [5.41, 5.74) is 2.12. The summed E-state index contributed by atoms with van der Waals surface area (Å²) in [6.45, 7) is 7.40. The van der Waals surface area contributed by atoms with Gasteiger partial charge in [-0.1, -0.05) is 12.1 Å². The highest BCUT2D eigenvalue weighted by Gasteiger charge is 2.22. The van der Waals surface area contributed by atoms with Crippen LogP contribution in [0.4, 0.5) is 11.8 Å². The Morgan fingerprint density at radius 1 is 0.962 bits per heavy atom. The first kappa shape index (κ1) is 16.6. The molecule has 7 nitrogen and oxygen atoms in total. The van der Waals surface area contributed by atoms with Crippen molar-refractivity contribution in [3.63, 3.8) is 0 Å². The molecular weight excluding hydrogens is 328 g/mol. The van der Waals surface area contributed by atoms with E-state index in [1.807, 2.05) is 38.1 Å². The summed E-state index contributed by atoms with van der Waals surface area (Å²) in [7, 11) is 2.07. The minimum Gasteiger partial charge on any atom is -0.352 e. The summed E-state index contributed by atoms with van der Waals surface area (Å²) in [5, 5.41) is 4.54. The van der Waals surface area contributed by atoms with Crippen molar-refractivity contribution >= 4 is 22.8 Å². The average molecular weight is 352 g/mol. The molecule has 7 heteroatoms. The second kappa shape index (κ2) is 6.48. The fraction of sp³-hybridized carbons (Fsp3) is 0.421. The van der Waals surface area contributed by atoms with Crippen LogP contribution < -0.4 is 15.4 Å². The van der Waals surface area contributed by atoms with Gasteiger partial charge in [-0.15, -0.1) is 0 Å². The van der Waals surface area contributed by atoms with Crippen molar-refractivity contribution in [1.82, 2.24) is 19.3 Å². The van der Waals surface area contributed by atoms with Crippen LogP contribution in [0.25, 0.3) is 11.0 Å². The van der Waals surface area contributed by atoms with Crippen molar-refractivity contribution in [2.24, 2.45) is 7.05 Å². The summed E-state index contributed by atoms with van der Waals surface area (Å²) in [6.07, 6.45) is 0. The van der Waals surface area contributed by atoms with E-state index in [1.165, 1.54) is 0 Å². The first-order valence-electron chi connectivity index (χ1n) is 9.06. The molecule has 0 atom stereocenters. The smallest absolute Gasteiger partial charge is 0.267 e. The topological polar surface area (TPSA) is 59.2 Å². The number of piperazine rings is 1. The Kier molecular flexibility index (Phi) is 4.14. The van der Waals surface area contributed by atoms with E-state index in [2.05, 4.69) is 32.6 Å². The molecule has 1 aromatic carbocycles. The van der Waals surface area contributed by atoms with Gasteiger partial charge in [-0.2, -0.15) is 5.10 Å². The largest absolute Gasteiger partial charge is 0.352 e. The number of hydrogen-bond donors (Lipinski definition) is 0. The molecule has 0 bridgehead atoms. The lowest BCUT2D eigenvalue weighted by atomic mass is 10.3. The van der Waals surface area contributed by atoms with Gasteiger partial charge < -0.3 is 14.4 Å². The van der Waals surface area contributed by atoms with Gasteiger partial charge in [-0.3, -0.25) is 4.79 Å². The van der Waals surface area contributed by atoms with E-state index in [-0.39, 0.29) is 11.6 Å². The molecular formula is C19H24N6O. The van der Waals surface area contributed by atoms with Gasteiger partial charge in [0.05, 0.1) is 17.1 Å². The van der Waals surface area contributed by atoms with E-state index >= 15 is 0 Å². The lowest BCUT2D eigenvalue weighted by molar-refractivity contribution is 0.497. The predicted molar refractivity (Wildman–Crippen MR) is 104 cm³/mol. The molecule has 3 heterocycles. The van der Waals surface area contributed by atoms with Gasteiger partial charge >= 0.3 is 0 Å². The summed E-state index contributed by atoms with van der Waals surface area (Å²) in [5.74, 6) is 1.87. The van der Waals surface area contributed by atoms with E-state index < -0.39 is 0 Å². The molecule has 0 spiro atoms. The van der Waals surface area contributed by atoms with Gasteiger partial charge in [0.2, 0.25) is 5.95 Å². The number of aryl methyl sites for hydroxylation is 1. The molecule has 4 rings (SSSR count). The Morgan fingerprint density at radius 3 is 2.35 bits per heavy atom. The zero-order valence-electron chi connectivity index (χ0n) is 15.5. The summed E-state index contributed by atoms with van der Waals surface area (Å²) >= 11 is 0. The van der Waals surface area contributed by atoms with E-state index in [1.54, 1.807) is 10.7 Å². The minimum atomic E-state index is -0.0536. The maximum absolute atomic E-state index is 11.9. The Bertz CT molecular complexity index is 981. The summed E-state index contributed by atoms with van der Waals surface area (Å²) < 4.78 is 3.70. The van der Waals surface area contributed by atoms with Gasteiger partial charge in [0, 0.05) is 39.3 Å². The van der Waals surface area contributed by atoms with Gasteiger partial charge in [-0.25, -0.2) is 9.67 Å². The van der Waals surface area contributed by atoms with Crippen LogP contribution in [-0.2, 0) is 7.05 Å². The highest BCUT2D eigenvalue weighted by molar-refractivity contribution is 5.78. The van der Waals surface area contributed by atoms with Gasteiger partial charge in [-0.05, 0) is 32.0 Å². The second-order valence-electron chi connectivity index (χ2n) is 7.00. The number of hydrogen-bond acceptors (Lipinski definition) is 5. The van der Waals surface area contributed by atoms with Crippen LogP contribution >= 0.6 is 0 Å². The predicted octanol–water partition coefficient (Wildman–Crippen LogP) is 2.04. The zero-order valence-corrected chi connectivity index (χ0v) is 15.5. The van der Waals surface area contributed by atoms with Crippen LogP contribution in [-0.4, -0.2) is 45.5 Å². The molecule has 0 radical (unpaired) electrons. The number of para-hydroxylation sites is 2. The van der Waals surface area contributed by atoms with Crippen molar-refractivity contribution < 1.29 is 0 Å². The Balaban J connectivity index is 1.53. The molecule has 2 aromatic heterocycles. The molecule has 1 aliphatic rings. The molecule has 26 heavy (non-hydrogen) atoms. The monoisotopic (exact) mass is 352 g/mol. The number of nitrogens with zero attached hydrogens (tertiary/aromatic N) is 6. The maximum atomic E-state index is 11.9. The number of aromatic nitrogens is 4. The van der Waals surface area contributed by atoms with Crippen LogP contribution in [0.1, 0.15) is 19.9 Å². The maximum Gasteiger partial charge on any atom is 0.267 e. The number of rotatable bonds is 3. The third-order valence-electron chi connectivity index (χ3n) is 4.95. The minimum absolute atomic E-state index is 0.0536. The molecule has 136 valence electrons. The first-order chi connectivity index (χ1) is 12.5. The molecule has 0 amide bonds. The quantitative estimate of drug-likeness (QED) is 0.722. The van der Waals surface area contributed by atoms with Gasteiger partial charge in [0.1, 0.15) is 5.82 Å². The van der Waals surface area contributed by atoms with Crippen LogP contribution in [0.2, 0.25) is 0 Å². The number of imidazole rings is 1. The standard InChI is InChI=1S/C19H24N6O/c1-14(2)25-18(26)9-8-17(21-25)23-10-12-24(13-11-23)19-20-15-6-4-5-7-16(15)22(19)3/h4-9,14H,10-13H2,1-3H3. The van der Waals surface area contributed by atoms with Crippen molar-refractivity contribution in [2.45, 2.75) is 19.9 Å². The molecule has 3 aromatic rings. The molecule has 0 N–H and O–H groups in total. The Labute approximate surface area is 152 Å². The SMILES string of the molecule is CC(C)n1nc(N2CCN(c3nc4ccccc4n3C)CC2)ccc1=O. The third kappa shape index (κ3) is 2.83. The number of anilines is 2. The molecule has 0 saturated carbocycles. The summed E-state index contributed by atoms with van der Waals surface area (Å²) in [4.78, 5) is 21.3. The lowest BCUT2D eigenvalue weighted by Crippen LogP contribution is -2.48. The molecule has 1 aliphatic heterocycles. The second-order valence-corrected chi connectivity index (χ2v) is 7.00. The van der Waals surface area contributed by atoms with E-state index in [0.717, 1.165) is 49.0 Å². The molecule has 0 aliphatic carbocycles. The molecule has 0 unspecified atom stereocenters. The summed E-state index contributed by atoms with van der Waals surface area (Å²) in [6, 6.07) is 11.7. The fourth-order valence-corrected chi connectivity index (χ4v) is 3.50. The van der Waals surface area contributed by atoms with Gasteiger partial charge in [0.15, 0.2) is 0 Å². The lowest BCUT2D eigenvalue weighted by Gasteiger charge is -2.36. The Hall–Kier alpha value is -2.83. The first-order valence-corrected chi connectivity index (χ1v) is 9.06. The average Bonchev–Trinajstić information content (AvgIpc) is 2.99. The third-order valence-corrected chi connectivity index (χ3v) is 4.95. The zero-order chi connectivity index (χ0) is 18.3. The van der Waals surface area contributed by atoms with Crippen LogP contribution in [0.15, 0.2) is 41.2 Å². The van der Waals surface area contributed by atoms with E-state index in [9.17, 15) is 4.79 Å². The molecule has 1 fully saturated rings.